The van der Waals surface area contributed by atoms with Crippen molar-refractivity contribution < 1.29 is 9.13 Å². The van der Waals surface area contributed by atoms with Crippen LogP contribution in [0, 0.1) is 25.1 Å². The molecule has 0 unspecified atom stereocenters. The fourth-order valence-corrected chi connectivity index (χ4v) is 1.91. The van der Waals surface area contributed by atoms with Crippen molar-refractivity contribution in [2.24, 2.45) is 5.73 Å². The molecular formula is C16H17FN2O. The van der Waals surface area contributed by atoms with Crippen LogP contribution in [0.15, 0.2) is 36.4 Å². The Bertz CT molecular complexity index is 653. The molecule has 3 nitrogen and oxygen atoms in total. The predicted octanol–water partition coefficient (Wildman–Crippen LogP) is 3.31. The van der Waals surface area contributed by atoms with Crippen LogP contribution in [0.5, 0.6) is 5.75 Å². The molecule has 0 aliphatic rings. The van der Waals surface area contributed by atoms with Crippen molar-refractivity contribution in [2.45, 2.75) is 20.5 Å². The number of aryl methyl sites for hydroxylation is 2. The number of ether oxygens (including phenoxy) is 1. The second-order valence-electron chi connectivity index (χ2n) is 4.75. The summed E-state index contributed by atoms with van der Waals surface area (Å²) in [5.74, 6) is 0.274. The molecule has 3 N–H and O–H groups in total. The smallest absolute Gasteiger partial charge is 0.126 e. The van der Waals surface area contributed by atoms with E-state index in [2.05, 4.69) is 0 Å². The van der Waals surface area contributed by atoms with Gasteiger partial charge in [-0.3, -0.25) is 5.41 Å². The molecule has 0 fully saturated rings. The maximum absolute atomic E-state index is 13.2. The third kappa shape index (κ3) is 3.15. The first-order valence-electron chi connectivity index (χ1n) is 6.30. The Morgan fingerprint density at radius 3 is 2.55 bits per heavy atom. The minimum Gasteiger partial charge on any atom is -0.489 e. The van der Waals surface area contributed by atoms with E-state index in [1.807, 2.05) is 26.0 Å². The van der Waals surface area contributed by atoms with Crippen LogP contribution in [-0.4, -0.2) is 5.84 Å². The van der Waals surface area contributed by atoms with E-state index in [1.165, 1.54) is 12.1 Å². The summed E-state index contributed by atoms with van der Waals surface area (Å²) in [6.45, 7) is 4.17. The Hall–Kier alpha value is -2.36. The molecule has 0 aromatic heterocycles. The lowest BCUT2D eigenvalue weighted by atomic mass is 10.1. The Morgan fingerprint density at radius 1 is 1.15 bits per heavy atom. The number of amidine groups is 1. The molecule has 2 rings (SSSR count). The predicted molar refractivity (Wildman–Crippen MR) is 77.7 cm³/mol. The van der Waals surface area contributed by atoms with Gasteiger partial charge in [0.2, 0.25) is 0 Å². The van der Waals surface area contributed by atoms with Crippen LogP contribution < -0.4 is 10.5 Å². The van der Waals surface area contributed by atoms with E-state index in [-0.39, 0.29) is 11.7 Å². The first-order chi connectivity index (χ1) is 9.47. The molecule has 4 heteroatoms. The van der Waals surface area contributed by atoms with Gasteiger partial charge >= 0.3 is 0 Å². The fraction of sp³-hybridized carbons (Fsp3) is 0.188. The van der Waals surface area contributed by atoms with Gasteiger partial charge in [0.1, 0.15) is 24.0 Å². The maximum atomic E-state index is 13.2. The summed E-state index contributed by atoms with van der Waals surface area (Å²) in [7, 11) is 0. The Labute approximate surface area is 117 Å². The summed E-state index contributed by atoms with van der Waals surface area (Å²) in [5.41, 5.74) is 9.00. The normalized spacial score (nSPS) is 10.3. The van der Waals surface area contributed by atoms with Gasteiger partial charge in [-0.25, -0.2) is 4.39 Å². The quantitative estimate of drug-likeness (QED) is 0.662. The van der Waals surface area contributed by atoms with Crippen molar-refractivity contribution in [2.75, 3.05) is 0 Å². The first-order valence-corrected chi connectivity index (χ1v) is 6.30. The van der Waals surface area contributed by atoms with Gasteiger partial charge in [0.05, 0.1) is 0 Å². The van der Waals surface area contributed by atoms with E-state index in [0.29, 0.717) is 17.9 Å². The highest BCUT2D eigenvalue weighted by atomic mass is 19.1. The molecule has 0 amide bonds. The van der Waals surface area contributed by atoms with Crippen LogP contribution in [0.1, 0.15) is 22.3 Å². The topological polar surface area (TPSA) is 59.1 Å². The minimum atomic E-state index is -0.311. The van der Waals surface area contributed by atoms with Gasteiger partial charge in [-0.05, 0) is 42.7 Å². The first kappa shape index (κ1) is 14.1. The van der Waals surface area contributed by atoms with E-state index < -0.39 is 0 Å². The molecule has 0 aliphatic carbocycles. The molecule has 20 heavy (non-hydrogen) atoms. The Morgan fingerprint density at radius 2 is 1.90 bits per heavy atom. The third-order valence-corrected chi connectivity index (χ3v) is 3.19. The second-order valence-corrected chi connectivity index (χ2v) is 4.75. The standard InChI is InChI=1S/C16H17FN2O/c1-10-3-6-14(17)8-15(10)20-9-13-5-4-12(16(18)19)7-11(13)2/h3-8H,9H2,1-2H3,(H3,18,19). The van der Waals surface area contributed by atoms with E-state index in [4.69, 9.17) is 15.9 Å². The van der Waals surface area contributed by atoms with Crippen molar-refractivity contribution in [1.82, 2.24) is 0 Å². The maximum Gasteiger partial charge on any atom is 0.126 e. The van der Waals surface area contributed by atoms with Crippen molar-refractivity contribution in [3.63, 3.8) is 0 Å². The number of benzene rings is 2. The zero-order chi connectivity index (χ0) is 14.7. The highest BCUT2D eigenvalue weighted by molar-refractivity contribution is 5.95. The molecule has 0 aliphatic heterocycles. The summed E-state index contributed by atoms with van der Waals surface area (Å²) < 4.78 is 18.8. The largest absolute Gasteiger partial charge is 0.489 e. The summed E-state index contributed by atoms with van der Waals surface area (Å²) in [5, 5.41) is 7.40. The van der Waals surface area contributed by atoms with Crippen LogP contribution in [0.2, 0.25) is 0 Å². The molecule has 2 aromatic carbocycles. The van der Waals surface area contributed by atoms with Crippen molar-refractivity contribution in [1.29, 1.82) is 5.41 Å². The molecule has 2 aromatic rings. The van der Waals surface area contributed by atoms with Crippen LogP contribution in [0.4, 0.5) is 4.39 Å². The van der Waals surface area contributed by atoms with Crippen LogP contribution >= 0.6 is 0 Å². The van der Waals surface area contributed by atoms with Gasteiger partial charge in [0.25, 0.3) is 0 Å². The number of hydrogen-bond acceptors (Lipinski definition) is 2. The zero-order valence-electron chi connectivity index (χ0n) is 11.5. The molecule has 0 radical (unpaired) electrons. The van der Waals surface area contributed by atoms with Crippen LogP contribution in [-0.2, 0) is 6.61 Å². The molecule has 0 spiro atoms. The number of nitrogens with two attached hydrogens (primary N) is 1. The van der Waals surface area contributed by atoms with Gasteiger partial charge in [0.15, 0.2) is 0 Å². The van der Waals surface area contributed by atoms with Crippen molar-refractivity contribution in [3.05, 3.63) is 64.5 Å². The van der Waals surface area contributed by atoms with Gasteiger partial charge < -0.3 is 10.5 Å². The SMILES string of the molecule is Cc1cc(C(=N)N)ccc1COc1cc(F)ccc1C. The van der Waals surface area contributed by atoms with E-state index in [1.54, 1.807) is 12.1 Å². The average Bonchev–Trinajstić information content (AvgIpc) is 2.40. The molecule has 104 valence electrons. The van der Waals surface area contributed by atoms with E-state index >= 15 is 0 Å². The number of nitrogens with one attached hydrogen (secondary N) is 1. The molecular weight excluding hydrogens is 255 g/mol. The molecule has 0 saturated carbocycles. The number of nitrogen functional groups attached to an aromatic ring is 1. The third-order valence-electron chi connectivity index (χ3n) is 3.19. The minimum absolute atomic E-state index is 0.0431. The van der Waals surface area contributed by atoms with Gasteiger partial charge in [0, 0.05) is 11.6 Å². The number of rotatable bonds is 4. The van der Waals surface area contributed by atoms with Crippen molar-refractivity contribution >= 4 is 5.84 Å². The van der Waals surface area contributed by atoms with Crippen LogP contribution in [0.3, 0.4) is 0 Å². The molecule has 0 atom stereocenters. The second kappa shape index (κ2) is 5.74. The summed E-state index contributed by atoms with van der Waals surface area (Å²) >= 11 is 0. The monoisotopic (exact) mass is 272 g/mol. The number of hydrogen-bond donors (Lipinski definition) is 2. The molecule has 0 bridgehead atoms. The van der Waals surface area contributed by atoms with Gasteiger partial charge in [-0.2, -0.15) is 0 Å². The Balaban J connectivity index is 2.15. The van der Waals surface area contributed by atoms with E-state index in [0.717, 1.165) is 16.7 Å². The van der Waals surface area contributed by atoms with Gasteiger partial charge in [-0.1, -0.05) is 18.2 Å². The fourth-order valence-electron chi connectivity index (χ4n) is 1.91. The highest BCUT2D eigenvalue weighted by Crippen LogP contribution is 2.21. The van der Waals surface area contributed by atoms with Crippen molar-refractivity contribution in [3.8, 4) is 5.75 Å². The average molecular weight is 272 g/mol. The summed E-state index contributed by atoms with van der Waals surface area (Å²) in [6.07, 6.45) is 0. The van der Waals surface area contributed by atoms with E-state index in [9.17, 15) is 4.39 Å². The lowest BCUT2D eigenvalue weighted by molar-refractivity contribution is 0.301. The Kier molecular flexibility index (Phi) is 4.03. The molecule has 0 heterocycles. The highest BCUT2D eigenvalue weighted by Gasteiger charge is 2.05. The lowest BCUT2D eigenvalue weighted by Crippen LogP contribution is -2.11. The zero-order valence-corrected chi connectivity index (χ0v) is 11.5. The lowest BCUT2D eigenvalue weighted by Gasteiger charge is -2.12. The number of halogens is 1. The summed E-state index contributed by atoms with van der Waals surface area (Å²) in [4.78, 5) is 0. The summed E-state index contributed by atoms with van der Waals surface area (Å²) in [6, 6.07) is 9.99. The van der Waals surface area contributed by atoms with Gasteiger partial charge in [-0.15, -0.1) is 0 Å². The molecule has 0 saturated heterocycles. The van der Waals surface area contributed by atoms with Crippen LogP contribution in [0.25, 0.3) is 0 Å².